The molecule has 3 rings (SSSR count). The van der Waals surface area contributed by atoms with E-state index in [2.05, 4.69) is 4.98 Å². The van der Waals surface area contributed by atoms with Gasteiger partial charge in [0.25, 0.3) is 0 Å². The van der Waals surface area contributed by atoms with Crippen molar-refractivity contribution in [1.29, 1.82) is 0 Å². The maximum absolute atomic E-state index is 11.3. The van der Waals surface area contributed by atoms with Crippen molar-refractivity contribution in [3.05, 3.63) is 47.1 Å². The molecule has 2 heterocycles. The molecule has 1 N–H and O–H groups in total. The summed E-state index contributed by atoms with van der Waals surface area (Å²) in [5, 5.41) is 10.5. The van der Waals surface area contributed by atoms with E-state index in [0.29, 0.717) is 33.0 Å². The van der Waals surface area contributed by atoms with Crippen LogP contribution in [0.2, 0.25) is 5.02 Å². The number of phenols is 1. The second kappa shape index (κ2) is 4.65. The highest BCUT2D eigenvalue weighted by Gasteiger charge is 2.14. The Morgan fingerprint density at radius 3 is 2.75 bits per heavy atom. The number of hydrogen-bond acceptors (Lipinski definition) is 4. The van der Waals surface area contributed by atoms with Crippen molar-refractivity contribution in [2.75, 3.05) is 0 Å². The highest BCUT2D eigenvalue weighted by atomic mass is 35.5. The molecule has 0 saturated heterocycles. The number of aromatic hydroxyl groups is 1. The molecular weight excluding hydrogens is 278 g/mol. The number of furan rings is 1. The number of nitrogens with zero attached hydrogens (tertiary/aromatic N) is 1. The molecule has 0 unspecified atom stereocenters. The molecule has 0 aliphatic rings. The second-order valence-electron chi connectivity index (χ2n) is 4.41. The van der Waals surface area contributed by atoms with Crippen molar-refractivity contribution >= 4 is 28.5 Å². The minimum Gasteiger partial charge on any atom is -0.507 e. The number of hydrogen-bond donors (Lipinski definition) is 1. The Balaban J connectivity index is 2.16. The molecule has 1 aromatic carbocycles. The van der Waals surface area contributed by atoms with Gasteiger partial charge in [0.05, 0.1) is 10.6 Å². The molecule has 2 aromatic heterocycles. The van der Waals surface area contributed by atoms with Gasteiger partial charge in [0.2, 0.25) is 0 Å². The fraction of sp³-hybridized carbons (Fsp3) is 0.0667. The van der Waals surface area contributed by atoms with Crippen LogP contribution in [-0.2, 0) is 0 Å². The van der Waals surface area contributed by atoms with Gasteiger partial charge in [-0.05, 0) is 25.1 Å². The van der Waals surface area contributed by atoms with Crippen LogP contribution in [0.1, 0.15) is 17.3 Å². The van der Waals surface area contributed by atoms with Crippen LogP contribution in [0, 0.1) is 0 Å². The lowest BCUT2D eigenvalue weighted by Crippen LogP contribution is -1.91. The van der Waals surface area contributed by atoms with Gasteiger partial charge in [-0.15, -0.1) is 0 Å². The summed E-state index contributed by atoms with van der Waals surface area (Å²) in [6, 6.07) is 8.02. The Kier molecular flexibility index (Phi) is 2.95. The summed E-state index contributed by atoms with van der Waals surface area (Å²) < 4.78 is 5.63. The van der Waals surface area contributed by atoms with E-state index in [-0.39, 0.29) is 11.5 Å². The summed E-state index contributed by atoms with van der Waals surface area (Å²) in [6.45, 7) is 1.44. The van der Waals surface area contributed by atoms with Crippen molar-refractivity contribution in [2.24, 2.45) is 0 Å². The first-order chi connectivity index (χ1) is 9.56. The van der Waals surface area contributed by atoms with E-state index in [1.54, 1.807) is 30.5 Å². The third kappa shape index (κ3) is 2.04. The molecule has 20 heavy (non-hydrogen) atoms. The fourth-order valence-electron chi connectivity index (χ4n) is 2.00. The molecule has 4 nitrogen and oxygen atoms in total. The van der Waals surface area contributed by atoms with Gasteiger partial charge in [0.15, 0.2) is 11.4 Å². The van der Waals surface area contributed by atoms with Crippen molar-refractivity contribution < 1.29 is 14.3 Å². The summed E-state index contributed by atoms with van der Waals surface area (Å²) in [7, 11) is 0. The zero-order chi connectivity index (χ0) is 14.3. The number of Topliss-reactive ketones (excluding diaryl/α,β-unsaturated/α-hetero) is 1. The van der Waals surface area contributed by atoms with Gasteiger partial charge in [-0.1, -0.05) is 17.7 Å². The molecule has 0 bridgehead atoms. The minimum atomic E-state index is -0.110. The molecule has 0 fully saturated rings. The number of halogens is 1. The standard InChI is InChI=1S/C15H10ClNO3/c1-8(18)9-2-3-10(13(19)6-9)14-7-12-15(20-14)11(16)4-5-17-12/h2-7,19H,1H3. The number of ketones is 1. The van der Waals surface area contributed by atoms with Crippen LogP contribution in [0.3, 0.4) is 0 Å². The number of carbonyl (C=O) groups excluding carboxylic acids is 1. The molecule has 0 atom stereocenters. The van der Waals surface area contributed by atoms with Crippen LogP contribution in [0.15, 0.2) is 40.9 Å². The average Bonchev–Trinajstić information content (AvgIpc) is 2.83. The van der Waals surface area contributed by atoms with Crippen molar-refractivity contribution in [3.63, 3.8) is 0 Å². The predicted octanol–water partition coefficient (Wildman–Crippen LogP) is 4.06. The van der Waals surface area contributed by atoms with Gasteiger partial charge >= 0.3 is 0 Å². The van der Waals surface area contributed by atoms with Crippen LogP contribution < -0.4 is 0 Å². The lowest BCUT2D eigenvalue weighted by Gasteiger charge is -2.02. The molecular formula is C15H10ClNO3. The molecule has 0 amide bonds. The lowest BCUT2D eigenvalue weighted by molar-refractivity contribution is 0.101. The Morgan fingerprint density at radius 1 is 1.30 bits per heavy atom. The minimum absolute atomic E-state index is 0.0205. The first-order valence-electron chi connectivity index (χ1n) is 5.94. The highest BCUT2D eigenvalue weighted by Crippen LogP contribution is 2.35. The van der Waals surface area contributed by atoms with Gasteiger partial charge < -0.3 is 9.52 Å². The molecule has 0 saturated carbocycles. The first-order valence-corrected chi connectivity index (χ1v) is 6.32. The van der Waals surface area contributed by atoms with Crippen molar-refractivity contribution in [2.45, 2.75) is 6.92 Å². The Morgan fingerprint density at radius 2 is 2.10 bits per heavy atom. The lowest BCUT2D eigenvalue weighted by atomic mass is 10.1. The number of benzene rings is 1. The van der Waals surface area contributed by atoms with E-state index in [4.69, 9.17) is 16.0 Å². The Bertz CT molecular complexity index is 823. The zero-order valence-corrected chi connectivity index (χ0v) is 11.3. The molecule has 3 aromatic rings. The molecule has 0 radical (unpaired) electrons. The third-order valence-electron chi connectivity index (χ3n) is 3.03. The second-order valence-corrected chi connectivity index (χ2v) is 4.81. The van der Waals surface area contributed by atoms with E-state index in [0.717, 1.165) is 0 Å². The molecule has 5 heteroatoms. The number of fused-ring (bicyclic) bond motifs is 1. The summed E-state index contributed by atoms with van der Waals surface area (Å²) >= 11 is 6.02. The highest BCUT2D eigenvalue weighted by molar-refractivity contribution is 6.34. The monoisotopic (exact) mass is 287 g/mol. The summed E-state index contributed by atoms with van der Waals surface area (Å²) in [5.74, 6) is 0.322. The number of pyridine rings is 1. The van der Waals surface area contributed by atoms with Gasteiger partial charge in [0, 0.05) is 17.8 Å². The third-order valence-corrected chi connectivity index (χ3v) is 3.33. The summed E-state index contributed by atoms with van der Waals surface area (Å²) in [5.41, 5.74) is 2.02. The maximum atomic E-state index is 11.3. The van der Waals surface area contributed by atoms with E-state index >= 15 is 0 Å². The molecule has 0 aliphatic carbocycles. The van der Waals surface area contributed by atoms with Gasteiger partial charge in [0.1, 0.15) is 17.0 Å². The van der Waals surface area contributed by atoms with Crippen LogP contribution in [0.5, 0.6) is 5.75 Å². The number of aromatic nitrogens is 1. The van der Waals surface area contributed by atoms with Gasteiger partial charge in [-0.2, -0.15) is 0 Å². The largest absolute Gasteiger partial charge is 0.507 e. The summed E-state index contributed by atoms with van der Waals surface area (Å²) in [4.78, 5) is 15.4. The first kappa shape index (κ1) is 12.7. The topological polar surface area (TPSA) is 63.3 Å². The van der Waals surface area contributed by atoms with Gasteiger partial charge in [-0.3, -0.25) is 9.78 Å². The van der Waals surface area contributed by atoms with Crippen LogP contribution >= 0.6 is 11.6 Å². The predicted molar refractivity (Wildman–Crippen MR) is 76.1 cm³/mol. The average molecular weight is 288 g/mol. The quantitative estimate of drug-likeness (QED) is 0.722. The number of phenolic OH excluding ortho intramolecular Hbond substituents is 1. The van der Waals surface area contributed by atoms with Crippen LogP contribution in [0.25, 0.3) is 22.4 Å². The van der Waals surface area contributed by atoms with Crippen LogP contribution in [0.4, 0.5) is 0 Å². The zero-order valence-electron chi connectivity index (χ0n) is 10.6. The van der Waals surface area contributed by atoms with E-state index in [1.165, 1.54) is 13.0 Å². The van der Waals surface area contributed by atoms with E-state index in [1.807, 2.05) is 0 Å². The van der Waals surface area contributed by atoms with Gasteiger partial charge in [-0.25, -0.2) is 0 Å². The van der Waals surface area contributed by atoms with E-state index < -0.39 is 0 Å². The molecule has 0 spiro atoms. The summed E-state index contributed by atoms with van der Waals surface area (Å²) in [6.07, 6.45) is 1.59. The molecule has 0 aliphatic heterocycles. The number of carbonyl (C=O) groups is 1. The Labute approximate surface area is 119 Å². The number of rotatable bonds is 2. The Hall–Kier alpha value is -2.33. The van der Waals surface area contributed by atoms with Crippen LogP contribution in [-0.4, -0.2) is 15.9 Å². The van der Waals surface area contributed by atoms with E-state index in [9.17, 15) is 9.90 Å². The smallest absolute Gasteiger partial charge is 0.171 e. The molecule has 100 valence electrons. The van der Waals surface area contributed by atoms with Crippen molar-refractivity contribution in [1.82, 2.24) is 4.98 Å². The normalized spacial score (nSPS) is 10.9. The fourth-order valence-corrected chi connectivity index (χ4v) is 2.19. The SMILES string of the molecule is CC(=O)c1ccc(-c2cc3nccc(Cl)c3o2)c(O)c1. The maximum Gasteiger partial charge on any atom is 0.171 e. The van der Waals surface area contributed by atoms with Crippen molar-refractivity contribution in [3.8, 4) is 17.1 Å².